The summed E-state index contributed by atoms with van der Waals surface area (Å²) in [5, 5.41) is 30.4. The molecule has 0 unspecified atom stereocenters. The van der Waals surface area contributed by atoms with E-state index in [4.69, 9.17) is 14.8 Å². The predicted octanol–water partition coefficient (Wildman–Crippen LogP) is -3.20. The molecular weight excluding hydrogens is 690 g/mol. The normalized spacial score (nSPS) is 8.80. The van der Waals surface area contributed by atoms with Gasteiger partial charge in [0.25, 0.3) is 6.47 Å². The standard InChI is InChI=1S/C11H9NO5S.C8H6FNO4.C3H6O2S.CH2O3.2K.H/c1-16-8-5-9-6(3-7(8)12(14)15)4-10(18-9)11(13)17-2;1-14-8-3-6(9)5(4-11)2-7(8)10(12)13;1-5-3(4)2-6;2-1-4-3;;;/h3-5H,1-2H3;2-4H,1H3;6H,2H2,1H3;1,3H;;;/q;;;;2*+1;-1/p-1. The Morgan fingerprint density at radius 1 is 0.932 bits per heavy atom. The number of nitrogens with zero attached hydrogens (tertiary/aromatic N) is 2. The first kappa shape index (κ1) is 46.8. The first-order chi connectivity index (χ1) is 19.9. The van der Waals surface area contributed by atoms with Crippen LogP contribution >= 0.6 is 24.0 Å². The zero-order valence-corrected chi connectivity index (χ0v) is 32.0. The molecule has 0 spiro atoms. The second kappa shape index (κ2) is 25.6. The summed E-state index contributed by atoms with van der Waals surface area (Å²) in [4.78, 5) is 63.2. The van der Waals surface area contributed by atoms with Crippen LogP contribution in [-0.4, -0.2) is 68.7 Å². The van der Waals surface area contributed by atoms with Crippen LogP contribution in [-0.2, 0) is 24.0 Å². The number of carbonyl (C=O) groups excluding carboxylic acids is 4. The van der Waals surface area contributed by atoms with E-state index < -0.39 is 27.3 Å². The van der Waals surface area contributed by atoms with Gasteiger partial charge >= 0.3 is 126 Å². The fourth-order valence-corrected chi connectivity index (χ4v) is 3.70. The maximum atomic E-state index is 12.9. The van der Waals surface area contributed by atoms with E-state index in [-0.39, 0.29) is 151 Å². The number of hydrogen-bond acceptors (Lipinski definition) is 16. The van der Waals surface area contributed by atoms with Gasteiger partial charge in [-0.1, -0.05) is 0 Å². The van der Waals surface area contributed by atoms with Crippen LogP contribution in [0.15, 0.2) is 30.3 Å². The third-order valence-corrected chi connectivity index (χ3v) is 5.76. The van der Waals surface area contributed by atoms with Gasteiger partial charge in [-0.15, -0.1) is 11.3 Å². The summed E-state index contributed by atoms with van der Waals surface area (Å²) in [6.45, 7) is -0.181. The predicted molar refractivity (Wildman–Crippen MR) is 145 cm³/mol. The minimum absolute atomic E-state index is 0. The van der Waals surface area contributed by atoms with Crippen LogP contribution < -0.4 is 118 Å². The van der Waals surface area contributed by atoms with Gasteiger partial charge in [-0.05, 0) is 6.07 Å². The smallest absolute Gasteiger partial charge is 1.00 e. The van der Waals surface area contributed by atoms with Gasteiger partial charge in [-0.25, -0.2) is 9.18 Å². The fraction of sp³-hybridized carbons (Fsp3) is 0.217. The third kappa shape index (κ3) is 15.6. The van der Waals surface area contributed by atoms with E-state index in [1.165, 1.54) is 45.8 Å². The third-order valence-electron chi connectivity index (χ3n) is 4.42. The minimum atomic E-state index is -0.845. The largest absolute Gasteiger partial charge is 1.00 e. The van der Waals surface area contributed by atoms with Crippen molar-refractivity contribution in [2.45, 2.75) is 0 Å². The van der Waals surface area contributed by atoms with E-state index in [0.29, 0.717) is 10.3 Å². The minimum Gasteiger partial charge on any atom is -1.00 e. The zero-order chi connectivity index (χ0) is 32.4. The molecule has 0 saturated heterocycles. The summed E-state index contributed by atoms with van der Waals surface area (Å²) in [6.07, 6.45) is 0.210. The van der Waals surface area contributed by atoms with Crippen LogP contribution in [0.2, 0.25) is 0 Å². The van der Waals surface area contributed by atoms with Crippen LogP contribution in [0.1, 0.15) is 21.5 Å². The number of aldehydes is 1. The summed E-state index contributed by atoms with van der Waals surface area (Å²) >= 11 is 4.82. The van der Waals surface area contributed by atoms with Crippen molar-refractivity contribution in [1.29, 1.82) is 0 Å². The molecule has 0 bridgehead atoms. The summed E-state index contributed by atoms with van der Waals surface area (Å²) in [6, 6.07) is 6.14. The molecule has 44 heavy (non-hydrogen) atoms. The van der Waals surface area contributed by atoms with Crippen LogP contribution in [0.3, 0.4) is 0 Å². The Labute approximate surface area is 344 Å². The molecular formula is C23H23FK2N2O14S2. The topological polar surface area (TPSA) is 224 Å². The number of carbonyl (C=O) groups is 4. The van der Waals surface area contributed by atoms with E-state index in [2.05, 4.69) is 31.7 Å². The summed E-state index contributed by atoms with van der Waals surface area (Å²) in [5.41, 5.74) is -0.923. The average Bonchev–Trinajstić information content (AvgIpc) is 3.43. The monoisotopic (exact) mass is 712 g/mol. The molecule has 3 rings (SSSR count). The van der Waals surface area contributed by atoms with E-state index in [1.807, 2.05) is 0 Å². The number of nitro groups is 2. The quantitative estimate of drug-likeness (QED) is 0.0462. The van der Waals surface area contributed by atoms with Crippen molar-refractivity contribution < 1.29 is 167 Å². The average molecular weight is 713 g/mol. The molecule has 3 aromatic rings. The summed E-state index contributed by atoms with van der Waals surface area (Å²) < 4.78 is 32.0. The van der Waals surface area contributed by atoms with Crippen molar-refractivity contribution >= 4 is 70.1 Å². The Morgan fingerprint density at radius 2 is 1.43 bits per heavy atom. The van der Waals surface area contributed by atoms with Crippen molar-refractivity contribution in [2.24, 2.45) is 0 Å². The number of esters is 2. The number of fused-ring (bicyclic) bond motifs is 1. The van der Waals surface area contributed by atoms with Crippen molar-refractivity contribution in [3.63, 3.8) is 0 Å². The number of methoxy groups -OCH3 is 4. The number of thiol groups is 1. The summed E-state index contributed by atoms with van der Waals surface area (Å²) in [5.74, 6) is -1.47. The molecule has 0 N–H and O–H groups in total. The molecule has 0 aliphatic rings. The van der Waals surface area contributed by atoms with E-state index in [9.17, 15) is 39.0 Å². The van der Waals surface area contributed by atoms with Crippen LogP contribution in [0.5, 0.6) is 11.5 Å². The van der Waals surface area contributed by atoms with Gasteiger partial charge in [-0.3, -0.25) is 34.6 Å². The second-order valence-electron chi connectivity index (χ2n) is 6.77. The Kier molecular flexibility index (Phi) is 27.2. The molecule has 0 saturated carbocycles. The SMILES string of the molecule is COC(=O)CS.COC(=O)c1cc2cc([N+](=O)[O-])c(OC)cc2s1.COc1cc(F)c(C=O)cc1[N+](=O)[O-].O=CO[O-].[H-].[K+].[K+]. The van der Waals surface area contributed by atoms with Gasteiger partial charge in [-0.2, -0.15) is 12.6 Å². The zero-order valence-electron chi connectivity index (χ0n) is 25.1. The molecule has 2 aromatic carbocycles. The van der Waals surface area contributed by atoms with Gasteiger partial charge in [0.1, 0.15) is 10.7 Å². The summed E-state index contributed by atoms with van der Waals surface area (Å²) in [7, 11) is 5.17. The molecule has 0 radical (unpaired) electrons. The number of thiophene rings is 1. The molecule has 1 heterocycles. The van der Waals surface area contributed by atoms with Gasteiger partial charge in [0.15, 0.2) is 17.8 Å². The van der Waals surface area contributed by atoms with Gasteiger partial charge in [0.05, 0.1) is 49.6 Å². The number of rotatable bonds is 8. The van der Waals surface area contributed by atoms with Gasteiger partial charge < -0.3 is 30.5 Å². The Hall–Kier alpha value is -1.61. The number of nitro benzene ring substituents is 2. The molecule has 1 aromatic heterocycles. The number of ether oxygens (including phenoxy) is 4. The maximum Gasteiger partial charge on any atom is 1.00 e. The number of benzene rings is 2. The van der Waals surface area contributed by atoms with Crippen LogP contribution in [0, 0.1) is 26.0 Å². The van der Waals surface area contributed by atoms with Gasteiger partial charge in [0, 0.05) is 34.4 Å². The molecule has 16 nitrogen and oxygen atoms in total. The number of halogens is 1. The van der Waals surface area contributed by atoms with Crippen molar-refractivity contribution in [3.8, 4) is 11.5 Å². The Morgan fingerprint density at radius 3 is 1.80 bits per heavy atom. The second-order valence-corrected chi connectivity index (χ2v) is 8.17. The molecule has 21 heteroatoms. The maximum absolute atomic E-state index is 12.9. The first-order valence-electron chi connectivity index (χ1n) is 10.6. The molecule has 0 atom stereocenters. The Balaban J connectivity index is -0.000000278. The van der Waals surface area contributed by atoms with Crippen LogP contribution in [0.4, 0.5) is 15.8 Å². The molecule has 0 amide bonds. The van der Waals surface area contributed by atoms with E-state index in [0.717, 1.165) is 16.8 Å². The van der Waals surface area contributed by atoms with E-state index >= 15 is 0 Å². The van der Waals surface area contributed by atoms with Gasteiger partial charge in [0.2, 0.25) is 0 Å². The molecule has 0 fully saturated rings. The van der Waals surface area contributed by atoms with Crippen molar-refractivity contribution in [2.75, 3.05) is 34.2 Å². The fourth-order valence-electron chi connectivity index (χ4n) is 2.58. The molecule has 0 aliphatic heterocycles. The van der Waals surface area contributed by atoms with Crippen LogP contribution in [0.25, 0.3) is 10.1 Å². The van der Waals surface area contributed by atoms with E-state index in [1.54, 1.807) is 12.1 Å². The first-order valence-corrected chi connectivity index (χ1v) is 12.1. The molecule has 230 valence electrons. The molecule has 0 aliphatic carbocycles. The number of hydrogen-bond donors (Lipinski definition) is 1. The van der Waals surface area contributed by atoms with Crippen molar-refractivity contribution in [3.05, 3.63) is 66.8 Å². The van der Waals surface area contributed by atoms with Crippen molar-refractivity contribution in [1.82, 2.24) is 0 Å². The Bertz CT molecular complexity index is 1430.